The molecule has 1 aliphatic heterocycles. The van der Waals surface area contributed by atoms with E-state index in [1.807, 2.05) is 11.8 Å². The van der Waals surface area contributed by atoms with Gasteiger partial charge in [-0.15, -0.1) is 0 Å². The van der Waals surface area contributed by atoms with Crippen molar-refractivity contribution in [3.8, 4) is 0 Å². The average Bonchev–Trinajstić information content (AvgIpc) is 2.06. The van der Waals surface area contributed by atoms with Crippen LogP contribution >= 0.6 is 11.8 Å². The minimum Gasteiger partial charge on any atom is -0.388 e. The third-order valence-corrected chi connectivity index (χ3v) is 5.47. The first kappa shape index (κ1) is 9.85. The first-order chi connectivity index (χ1) is 6.12. The standard InChI is InChI=1S/C11H20OS/c1-8-3-4-10(5-9(8)2)11(12)6-13-7-11/h8-10,12H,3-7H2,1-2H3. The molecule has 2 heteroatoms. The summed E-state index contributed by atoms with van der Waals surface area (Å²) in [7, 11) is 0. The summed E-state index contributed by atoms with van der Waals surface area (Å²) in [5, 5.41) is 10.2. The van der Waals surface area contributed by atoms with Crippen LogP contribution in [0.25, 0.3) is 0 Å². The second kappa shape index (κ2) is 3.47. The molecular formula is C11H20OS. The Morgan fingerprint density at radius 1 is 1.15 bits per heavy atom. The van der Waals surface area contributed by atoms with Crippen molar-refractivity contribution >= 4 is 11.8 Å². The highest BCUT2D eigenvalue weighted by atomic mass is 32.2. The van der Waals surface area contributed by atoms with Crippen LogP contribution in [0.1, 0.15) is 33.1 Å². The Morgan fingerprint density at radius 2 is 1.85 bits per heavy atom. The molecule has 0 amide bonds. The van der Waals surface area contributed by atoms with Crippen LogP contribution in [0, 0.1) is 17.8 Å². The maximum atomic E-state index is 10.2. The van der Waals surface area contributed by atoms with Gasteiger partial charge in [0.25, 0.3) is 0 Å². The zero-order chi connectivity index (χ0) is 9.47. The Balaban J connectivity index is 1.94. The molecule has 3 atom stereocenters. The molecule has 0 aromatic rings. The van der Waals surface area contributed by atoms with Gasteiger partial charge in [-0.05, 0) is 30.6 Å². The van der Waals surface area contributed by atoms with Crippen LogP contribution < -0.4 is 0 Å². The monoisotopic (exact) mass is 200 g/mol. The van der Waals surface area contributed by atoms with E-state index in [2.05, 4.69) is 13.8 Å². The van der Waals surface area contributed by atoms with E-state index in [0.29, 0.717) is 5.92 Å². The van der Waals surface area contributed by atoms with Gasteiger partial charge in [-0.3, -0.25) is 0 Å². The predicted octanol–water partition coefficient (Wildman–Crippen LogP) is 2.54. The Labute approximate surface area is 85.3 Å². The highest BCUT2D eigenvalue weighted by molar-refractivity contribution is 8.00. The fourth-order valence-electron chi connectivity index (χ4n) is 2.58. The van der Waals surface area contributed by atoms with Crippen LogP contribution in [0.3, 0.4) is 0 Å². The van der Waals surface area contributed by atoms with Gasteiger partial charge in [0.2, 0.25) is 0 Å². The SMILES string of the molecule is CC1CCC(C2(O)CSC2)CC1C. The van der Waals surface area contributed by atoms with Gasteiger partial charge in [-0.25, -0.2) is 0 Å². The van der Waals surface area contributed by atoms with Gasteiger partial charge in [0, 0.05) is 11.5 Å². The zero-order valence-corrected chi connectivity index (χ0v) is 9.44. The number of thioether (sulfide) groups is 1. The fourth-order valence-corrected chi connectivity index (χ4v) is 3.68. The molecule has 0 aromatic carbocycles. The van der Waals surface area contributed by atoms with Crippen molar-refractivity contribution in [3.63, 3.8) is 0 Å². The summed E-state index contributed by atoms with van der Waals surface area (Å²) in [4.78, 5) is 0. The molecule has 1 aliphatic carbocycles. The van der Waals surface area contributed by atoms with Crippen molar-refractivity contribution in [3.05, 3.63) is 0 Å². The normalized spacial score (nSPS) is 44.1. The van der Waals surface area contributed by atoms with E-state index in [-0.39, 0.29) is 5.60 Å². The lowest BCUT2D eigenvalue weighted by Gasteiger charge is -2.46. The van der Waals surface area contributed by atoms with Crippen molar-refractivity contribution in [1.29, 1.82) is 0 Å². The van der Waals surface area contributed by atoms with Crippen molar-refractivity contribution in [1.82, 2.24) is 0 Å². The van der Waals surface area contributed by atoms with Crippen LogP contribution in [0.4, 0.5) is 0 Å². The minimum absolute atomic E-state index is 0.279. The van der Waals surface area contributed by atoms with E-state index in [4.69, 9.17) is 0 Å². The summed E-state index contributed by atoms with van der Waals surface area (Å²) in [5.41, 5.74) is -0.279. The van der Waals surface area contributed by atoms with Crippen molar-refractivity contribution in [2.75, 3.05) is 11.5 Å². The Bertz CT molecular complexity index is 189. The molecule has 1 N–H and O–H groups in total. The molecule has 0 radical (unpaired) electrons. The summed E-state index contributed by atoms with van der Waals surface area (Å²) in [5.74, 6) is 4.25. The molecule has 0 aromatic heterocycles. The number of hydrogen-bond acceptors (Lipinski definition) is 2. The highest BCUT2D eigenvalue weighted by Crippen LogP contribution is 2.45. The smallest absolute Gasteiger partial charge is 0.0855 e. The predicted molar refractivity (Wildman–Crippen MR) is 57.9 cm³/mol. The molecule has 1 nitrogen and oxygen atoms in total. The van der Waals surface area contributed by atoms with Crippen LogP contribution in [0.5, 0.6) is 0 Å². The number of aliphatic hydroxyl groups is 1. The van der Waals surface area contributed by atoms with E-state index in [1.165, 1.54) is 19.3 Å². The van der Waals surface area contributed by atoms with E-state index in [0.717, 1.165) is 23.3 Å². The number of hydrogen-bond donors (Lipinski definition) is 1. The molecule has 76 valence electrons. The molecule has 0 bridgehead atoms. The minimum atomic E-state index is -0.279. The third-order valence-electron chi connectivity index (χ3n) is 4.06. The van der Waals surface area contributed by atoms with Gasteiger partial charge in [-0.1, -0.05) is 20.3 Å². The topological polar surface area (TPSA) is 20.2 Å². The highest BCUT2D eigenvalue weighted by Gasteiger charge is 2.44. The molecule has 0 spiro atoms. The van der Waals surface area contributed by atoms with Crippen molar-refractivity contribution in [2.24, 2.45) is 17.8 Å². The summed E-state index contributed by atoms with van der Waals surface area (Å²) in [6.07, 6.45) is 3.82. The fraction of sp³-hybridized carbons (Fsp3) is 1.00. The average molecular weight is 200 g/mol. The Kier molecular flexibility index (Phi) is 2.63. The lowest BCUT2D eigenvalue weighted by Crippen LogP contribution is -2.51. The van der Waals surface area contributed by atoms with Crippen LogP contribution in [-0.4, -0.2) is 22.2 Å². The molecule has 1 saturated carbocycles. The second-order valence-electron chi connectivity index (χ2n) is 5.06. The van der Waals surface area contributed by atoms with E-state index in [1.54, 1.807) is 0 Å². The summed E-state index contributed by atoms with van der Waals surface area (Å²) in [6, 6.07) is 0. The molecule has 13 heavy (non-hydrogen) atoms. The second-order valence-corrected chi connectivity index (χ2v) is 6.05. The Hall–Kier alpha value is 0.310. The zero-order valence-electron chi connectivity index (χ0n) is 8.62. The van der Waals surface area contributed by atoms with E-state index < -0.39 is 0 Å². The Morgan fingerprint density at radius 3 is 2.31 bits per heavy atom. The molecule has 2 fully saturated rings. The van der Waals surface area contributed by atoms with Gasteiger partial charge < -0.3 is 5.11 Å². The van der Waals surface area contributed by atoms with Gasteiger partial charge in [0.05, 0.1) is 5.60 Å². The van der Waals surface area contributed by atoms with Crippen LogP contribution in [0.2, 0.25) is 0 Å². The molecule has 1 saturated heterocycles. The molecule has 2 rings (SSSR count). The van der Waals surface area contributed by atoms with E-state index >= 15 is 0 Å². The van der Waals surface area contributed by atoms with Crippen LogP contribution in [-0.2, 0) is 0 Å². The maximum Gasteiger partial charge on any atom is 0.0855 e. The molecule has 1 heterocycles. The van der Waals surface area contributed by atoms with E-state index in [9.17, 15) is 5.11 Å². The molecule has 3 unspecified atom stereocenters. The molecular weight excluding hydrogens is 180 g/mol. The largest absolute Gasteiger partial charge is 0.388 e. The van der Waals surface area contributed by atoms with Crippen LogP contribution in [0.15, 0.2) is 0 Å². The van der Waals surface area contributed by atoms with Crippen molar-refractivity contribution < 1.29 is 5.11 Å². The first-order valence-corrected chi connectivity index (χ1v) is 6.57. The van der Waals surface area contributed by atoms with Gasteiger partial charge in [0.15, 0.2) is 0 Å². The number of rotatable bonds is 1. The summed E-state index contributed by atoms with van der Waals surface area (Å²) < 4.78 is 0. The van der Waals surface area contributed by atoms with Gasteiger partial charge >= 0.3 is 0 Å². The lowest BCUT2D eigenvalue weighted by molar-refractivity contribution is -0.0175. The first-order valence-electron chi connectivity index (χ1n) is 5.42. The molecule has 2 aliphatic rings. The van der Waals surface area contributed by atoms with Crippen molar-refractivity contribution in [2.45, 2.75) is 38.7 Å². The van der Waals surface area contributed by atoms with Gasteiger partial charge in [0.1, 0.15) is 0 Å². The summed E-state index contributed by atoms with van der Waals surface area (Å²) in [6.45, 7) is 4.69. The quantitative estimate of drug-likeness (QED) is 0.702. The lowest BCUT2D eigenvalue weighted by atomic mass is 9.70. The maximum absolute atomic E-state index is 10.2. The van der Waals surface area contributed by atoms with Gasteiger partial charge in [-0.2, -0.15) is 11.8 Å². The third kappa shape index (κ3) is 1.75. The summed E-state index contributed by atoms with van der Waals surface area (Å²) >= 11 is 1.89.